The molecule has 1 aromatic carbocycles. The van der Waals surface area contributed by atoms with Crippen molar-refractivity contribution < 1.29 is 4.74 Å². The van der Waals surface area contributed by atoms with Crippen LogP contribution in [0.25, 0.3) is 11.1 Å². The van der Waals surface area contributed by atoms with E-state index in [4.69, 9.17) is 39.5 Å². The molecule has 2 aromatic rings. The number of rotatable bonds is 5. The van der Waals surface area contributed by atoms with Crippen LogP contribution in [0.1, 0.15) is 12.8 Å². The first kappa shape index (κ1) is 15.9. The van der Waals surface area contributed by atoms with Crippen molar-refractivity contribution >= 4 is 34.8 Å². The Morgan fingerprint density at radius 1 is 1.14 bits per heavy atom. The third kappa shape index (κ3) is 3.49. The summed E-state index contributed by atoms with van der Waals surface area (Å²) in [6.07, 6.45) is 3.88. The van der Waals surface area contributed by atoms with E-state index in [0.717, 1.165) is 24.0 Å². The van der Waals surface area contributed by atoms with Gasteiger partial charge in [-0.05, 0) is 49.7 Å². The van der Waals surface area contributed by atoms with Crippen LogP contribution >= 0.6 is 34.8 Å². The Hall–Kier alpha value is -1.00. The van der Waals surface area contributed by atoms with Gasteiger partial charge in [0, 0.05) is 15.6 Å². The van der Waals surface area contributed by atoms with Gasteiger partial charge in [0.25, 0.3) is 0 Å². The van der Waals surface area contributed by atoms with Crippen molar-refractivity contribution in [2.75, 3.05) is 13.7 Å². The van der Waals surface area contributed by atoms with E-state index < -0.39 is 0 Å². The number of halogens is 3. The smallest absolute Gasteiger partial charge is 0.138 e. The number of nitrogens with one attached hydrogen (secondary N) is 1. The number of hydrogen-bond acceptors (Lipinski definition) is 3. The molecule has 1 saturated carbocycles. The number of hydrogen-bond donors (Lipinski definition) is 1. The van der Waals surface area contributed by atoms with E-state index in [9.17, 15) is 0 Å². The van der Waals surface area contributed by atoms with Gasteiger partial charge in [-0.2, -0.15) is 0 Å². The Balaban J connectivity index is 1.86. The monoisotopic (exact) mass is 356 g/mol. The number of benzene rings is 1. The van der Waals surface area contributed by atoms with Gasteiger partial charge in [-0.1, -0.05) is 34.8 Å². The molecule has 0 spiro atoms. The van der Waals surface area contributed by atoms with Gasteiger partial charge in [0.2, 0.25) is 0 Å². The molecule has 3 rings (SSSR count). The second-order valence-corrected chi connectivity index (χ2v) is 6.72. The lowest BCUT2D eigenvalue weighted by atomic mass is 10.1. The highest BCUT2D eigenvalue weighted by Crippen LogP contribution is 2.37. The average molecular weight is 358 g/mol. The summed E-state index contributed by atoms with van der Waals surface area (Å²) in [6.45, 7) is 0.614. The third-order valence-corrected chi connectivity index (χ3v) is 4.62. The fourth-order valence-corrected chi connectivity index (χ4v) is 3.00. The maximum atomic E-state index is 6.20. The standard InChI is InChI=1S/C16H15Cl3N2O/c1-20-16(2-3-16)9-22-13-7-14(15(19)21-8-13)10-4-11(17)6-12(18)5-10/h4-8,20H,2-3,9H2,1H3. The van der Waals surface area contributed by atoms with Crippen molar-refractivity contribution in [1.29, 1.82) is 0 Å². The summed E-state index contributed by atoms with van der Waals surface area (Å²) >= 11 is 18.3. The summed E-state index contributed by atoms with van der Waals surface area (Å²) in [6, 6.07) is 7.15. The minimum absolute atomic E-state index is 0.110. The molecule has 0 amide bonds. The summed E-state index contributed by atoms with van der Waals surface area (Å²) in [5, 5.41) is 4.78. The Bertz CT molecular complexity index is 682. The van der Waals surface area contributed by atoms with Crippen molar-refractivity contribution in [1.82, 2.24) is 10.3 Å². The van der Waals surface area contributed by atoms with Crippen LogP contribution in [-0.4, -0.2) is 24.2 Å². The topological polar surface area (TPSA) is 34.1 Å². The molecule has 0 atom stereocenters. The van der Waals surface area contributed by atoms with Crippen LogP contribution in [0.15, 0.2) is 30.5 Å². The van der Waals surface area contributed by atoms with E-state index in [1.165, 1.54) is 0 Å². The maximum Gasteiger partial charge on any atom is 0.138 e. The van der Waals surface area contributed by atoms with Crippen molar-refractivity contribution in [2.24, 2.45) is 0 Å². The molecule has 1 aliphatic rings. The van der Waals surface area contributed by atoms with Crippen LogP contribution in [-0.2, 0) is 0 Å². The van der Waals surface area contributed by atoms with Gasteiger partial charge in [-0.15, -0.1) is 0 Å². The van der Waals surface area contributed by atoms with Crippen LogP contribution in [0.2, 0.25) is 15.2 Å². The highest BCUT2D eigenvalue weighted by Gasteiger charge is 2.41. The van der Waals surface area contributed by atoms with E-state index >= 15 is 0 Å². The third-order valence-electron chi connectivity index (χ3n) is 3.89. The first-order valence-corrected chi connectivity index (χ1v) is 8.08. The molecule has 0 bridgehead atoms. The minimum Gasteiger partial charge on any atom is -0.490 e. The molecule has 1 heterocycles. The van der Waals surface area contributed by atoms with Gasteiger partial charge in [0.1, 0.15) is 17.5 Å². The lowest BCUT2D eigenvalue weighted by Crippen LogP contribution is -2.33. The highest BCUT2D eigenvalue weighted by molar-refractivity contribution is 6.35. The van der Waals surface area contributed by atoms with Crippen molar-refractivity contribution in [2.45, 2.75) is 18.4 Å². The molecule has 1 aliphatic carbocycles. The molecule has 1 aromatic heterocycles. The minimum atomic E-state index is 0.110. The molecule has 0 saturated heterocycles. The van der Waals surface area contributed by atoms with Crippen LogP contribution in [0.5, 0.6) is 5.75 Å². The van der Waals surface area contributed by atoms with Gasteiger partial charge < -0.3 is 10.1 Å². The molecule has 1 fully saturated rings. The lowest BCUT2D eigenvalue weighted by molar-refractivity contribution is 0.259. The fraction of sp³-hybridized carbons (Fsp3) is 0.312. The number of pyridine rings is 1. The number of nitrogens with zero attached hydrogens (tertiary/aromatic N) is 1. The molecule has 3 nitrogen and oxygen atoms in total. The molecule has 6 heteroatoms. The van der Waals surface area contributed by atoms with Gasteiger partial charge in [-0.3, -0.25) is 0 Å². The largest absolute Gasteiger partial charge is 0.490 e. The fourth-order valence-electron chi connectivity index (χ4n) is 2.26. The Morgan fingerprint density at radius 3 is 2.41 bits per heavy atom. The van der Waals surface area contributed by atoms with Crippen molar-refractivity contribution in [3.05, 3.63) is 45.7 Å². The molecular weight excluding hydrogens is 343 g/mol. The quantitative estimate of drug-likeness (QED) is 0.778. The van der Waals surface area contributed by atoms with Crippen LogP contribution in [0, 0.1) is 0 Å². The lowest BCUT2D eigenvalue weighted by Gasteiger charge is -2.16. The van der Waals surface area contributed by atoms with Gasteiger partial charge in [0.15, 0.2) is 0 Å². The SMILES string of the molecule is CNC1(COc2cnc(Cl)c(-c3cc(Cl)cc(Cl)c3)c2)CC1. The summed E-state index contributed by atoms with van der Waals surface area (Å²) in [4.78, 5) is 4.20. The van der Waals surface area contributed by atoms with Crippen LogP contribution in [0.4, 0.5) is 0 Å². The Kier molecular flexibility index (Phi) is 4.51. The van der Waals surface area contributed by atoms with Gasteiger partial charge in [-0.25, -0.2) is 4.98 Å². The van der Waals surface area contributed by atoms with Crippen molar-refractivity contribution in [3.63, 3.8) is 0 Å². The highest BCUT2D eigenvalue weighted by atomic mass is 35.5. The zero-order chi connectivity index (χ0) is 15.7. The maximum absolute atomic E-state index is 6.20. The van der Waals surface area contributed by atoms with Gasteiger partial charge in [0.05, 0.1) is 11.7 Å². The van der Waals surface area contributed by atoms with E-state index in [0.29, 0.717) is 27.6 Å². The molecule has 0 unspecified atom stereocenters. The Morgan fingerprint density at radius 2 is 1.82 bits per heavy atom. The zero-order valence-corrected chi connectivity index (χ0v) is 14.3. The molecule has 0 aliphatic heterocycles. The predicted molar refractivity (Wildman–Crippen MR) is 91.2 cm³/mol. The summed E-state index contributed by atoms with van der Waals surface area (Å²) < 4.78 is 5.85. The second-order valence-electron chi connectivity index (χ2n) is 5.49. The van der Waals surface area contributed by atoms with E-state index in [1.54, 1.807) is 24.4 Å². The zero-order valence-electron chi connectivity index (χ0n) is 12.0. The van der Waals surface area contributed by atoms with E-state index in [-0.39, 0.29) is 5.54 Å². The van der Waals surface area contributed by atoms with E-state index in [2.05, 4.69) is 10.3 Å². The van der Waals surface area contributed by atoms with Crippen molar-refractivity contribution in [3.8, 4) is 16.9 Å². The van der Waals surface area contributed by atoms with E-state index in [1.807, 2.05) is 13.1 Å². The molecule has 1 N–H and O–H groups in total. The summed E-state index contributed by atoms with van der Waals surface area (Å²) in [7, 11) is 1.95. The second kappa shape index (κ2) is 6.25. The number of ether oxygens (including phenoxy) is 1. The average Bonchev–Trinajstić information content (AvgIpc) is 3.26. The van der Waals surface area contributed by atoms with Crippen LogP contribution < -0.4 is 10.1 Å². The Labute approximate surface area is 144 Å². The van der Waals surface area contributed by atoms with Gasteiger partial charge >= 0.3 is 0 Å². The first-order valence-electron chi connectivity index (χ1n) is 6.95. The normalized spacial score (nSPS) is 15.6. The summed E-state index contributed by atoms with van der Waals surface area (Å²) in [5.41, 5.74) is 1.67. The number of aromatic nitrogens is 1. The van der Waals surface area contributed by atoms with Crippen LogP contribution in [0.3, 0.4) is 0 Å². The number of likely N-dealkylation sites (N-methyl/N-ethyl adjacent to an activating group) is 1. The molecule has 116 valence electrons. The predicted octanol–water partition coefficient (Wildman–Crippen LogP) is 4.84. The first-order chi connectivity index (χ1) is 10.5. The molecular formula is C16H15Cl3N2O. The molecule has 22 heavy (non-hydrogen) atoms. The summed E-state index contributed by atoms with van der Waals surface area (Å²) in [5.74, 6) is 0.678. The molecule has 0 radical (unpaired) electrons.